The van der Waals surface area contributed by atoms with E-state index in [1.807, 2.05) is 12.1 Å². The number of aromatic nitrogens is 1. The largest absolute Gasteiger partial charge is 0.481 e. The maximum absolute atomic E-state index is 12.0. The lowest BCUT2D eigenvalue weighted by Gasteiger charge is -2.18. The van der Waals surface area contributed by atoms with Crippen LogP contribution in [0.4, 0.5) is 10.5 Å². The van der Waals surface area contributed by atoms with Crippen LogP contribution in [0.3, 0.4) is 0 Å². The van der Waals surface area contributed by atoms with Crippen LogP contribution in [0.15, 0.2) is 48.7 Å². The number of rotatable bonds is 6. The third kappa shape index (κ3) is 4.86. The summed E-state index contributed by atoms with van der Waals surface area (Å²) in [5.41, 5.74) is 2.19. The molecule has 2 aromatic rings. The van der Waals surface area contributed by atoms with Crippen LogP contribution < -0.4 is 20.3 Å². The summed E-state index contributed by atoms with van der Waals surface area (Å²) in [4.78, 5) is 18.5. The highest BCUT2D eigenvalue weighted by atomic mass is 16.5. The van der Waals surface area contributed by atoms with Gasteiger partial charge in [-0.25, -0.2) is 9.78 Å². The predicted octanol–water partition coefficient (Wildman–Crippen LogP) is 2.42. The van der Waals surface area contributed by atoms with Crippen LogP contribution in [-0.2, 0) is 6.54 Å². The first kappa shape index (κ1) is 17.1. The Hall–Kier alpha value is -2.76. The van der Waals surface area contributed by atoms with Gasteiger partial charge in [-0.2, -0.15) is 0 Å². The first-order valence-corrected chi connectivity index (χ1v) is 8.55. The van der Waals surface area contributed by atoms with E-state index >= 15 is 0 Å². The second kappa shape index (κ2) is 8.37. The molecule has 0 bridgehead atoms. The molecule has 2 N–H and O–H groups in total. The minimum Gasteiger partial charge on any atom is -0.481 e. The summed E-state index contributed by atoms with van der Waals surface area (Å²) in [6.07, 6.45) is 2.80. The number of carbonyl (C=O) groups is 1. The number of ether oxygens (including phenoxy) is 1. The van der Waals surface area contributed by atoms with Crippen LogP contribution in [0.5, 0.6) is 5.88 Å². The highest BCUT2D eigenvalue weighted by Crippen LogP contribution is 2.22. The molecule has 132 valence electrons. The van der Waals surface area contributed by atoms with E-state index in [9.17, 15) is 4.79 Å². The number of hydrogen-bond donors (Lipinski definition) is 2. The molecule has 6 heteroatoms. The van der Waals surface area contributed by atoms with Gasteiger partial charge in [0.05, 0.1) is 7.11 Å². The van der Waals surface area contributed by atoms with Gasteiger partial charge in [0.15, 0.2) is 0 Å². The van der Waals surface area contributed by atoms with Crippen molar-refractivity contribution in [3.63, 3.8) is 0 Å². The Labute approximate surface area is 148 Å². The van der Waals surface area contributed by atoms with Crippen LogP contribution in [-0.4, -0.2) is 37.8 Å². The second-order valence-corrected chi connectivity index (χ2v) is 6.21. The molecule has 1 aromatic heterocycles. The van der Waals surface area contributed by atoms with E-state index in [1.165, 1.54) is 5.69 Å². The molecule has 1 aromatic carbocycles. The third-order valence-corrected chi connectivity index (χ3v) is 4.42. The van der Waals surface area contributed by atoms with E-state index in [2.05, 4.69) is 44.8 Å². The van der Waals surface area contributed by atoms with Crippen LogP contribution >= 0.6 is 0 Å². The molecular formula is C19H24N4O2. The number of hydrogen-bond acceptors (Lipinski definition) is 4. The number of nitrogens with zero attached hydrogens (tertiary/aromatic N) is 2. The van der Waals surface area contributed by atoms with Crippen molar-refractivity contribution in [3.05, 3.63) is 54.2 Å². The smallest absolute Gasteiger partial charge is 0.315 e. The van der Waals surface area contributed by atoms with Crippen LogP contribution in [0, 0.1) is 5.92 Å². The maximum atomic E-state index is 12.0. The summed E-state index contributed by atoms with van der Waals surface area (Å²) in [6.45, 7) is 3.15. The van der Waals surface area contributed by atoms with E-state index in [4.69, 9.17) is 4.74 Å². The maximum Gasteiger partial charge on any atom is 0.315 e. The average molecular weight is 340 g/mol. The van der Waals surface area contributed by atoms with E-state index in [1.54, 1.807) is 19.4 Å². The van der Waals surface area contributed by atoms with E-state index in [0.717, 1.165) is 25.1 Å². The fourth-order valence-corrected chi connectivity index (χ4v) is 2.99. The molecule has 1 saturated heterocycles. The molecule has 6 nitrogen and oxygen atoms in total. The van der Waals surface area contributed by atoms with Crippen LogP contribution in [0.1, 0.15) is 12.0 Å². The molecule has 1 atom stereocenters. The van der Waals surface area contributed by atoms with Crippen molar-refractivity contribution in [2.24, 2.45) is 5.92 Å². The minimum atomic E-state index is -0.144. The molecule has 2 heterocycles. The Morgan fingerprint density at radius 1 is 1.24 bits per heavy atom. The lowest BCUT2D eigenvalue weighted by atomic mass is 10.1. The Morgan fingerprint density at radius 2 is 2.08 bits per heavy atom. The van der Waals surface area contributed by atoms with Gasteiger partial charge in [-0.3, -0.25) is 0 Å². The minimum absolute atomic E-state index is 0.144. The van der Waals surface area contributed by atoms with E-state index < -0.39 is 0 Å². The standard InChI is InChI=1S/C19H24N4O2/c1-25-18-8-7-15(11-20-18)12-21-19(24)22-13-16-9-10-23(14-16)17-5-3-2-4-6-17/h2-8,11,16H,9-10,12-14H2,1H3,(H2,21,22,24)/t16-/m0/s1. The Kier molecular flexibility index (Phi) is 5.72. The highest BCUT2D eigenvalue weighted by molar-refractivity contribution is 5.73. The number of anilines is 1. The molecule has 1 aliphatic rings. The molecule has 0 saturated carbocycles. The molecule has 1 fully saturated rings. The molecule has 0 aliphatic carbocycles. The summed E-state index contributed by atoms with van der Waals surface area (Å²) >= 11 is 0. The normalized spacial score (nSPS) is 16.5. The Morgan fingerprint density at radius 3 is 2.80 bits per heavy atom. The van der Waals surface area contributed by atoms with E-state index in [-0.39, 0.29) is 6.03 Å². The first-order chi connectivity index (χ1) is 12.2. The quantitative estimate of drug-likeness (QED) is 0.847. The molecule has 3 rings (SSSR count). The molecule has 0 unspecified atom stereocenters. The second-order valence-electron chi connectivity index (χ2n) is 6.21. The van der Waals surface area contributed by atoms with Gasteiger partial charge in [-0.15, -0.1) is 0 Å². The van der Waals surface area contributed by atoms with Gasteiger partial charge in [-0.05, 0) is 30.0 Å². The van der Waals surface area contributed by atoms with Crippen LogP contribution in [0.2, 0.25) is 0 Å². The number of nitrogens with one attached hydrogen (secondary N) is 2. The molecule has 2 amide bonds. The number of methoxy groups -OCH3 is 1. The number of carbonyl (C=O) groups excluding carboxylic acids is 1. The van der Waals surface area contributed by atoms with Crippen molar-refractivity contribution < 1.29 is 9.53 Å². The van der Waals surface area contributed by atoms with Crippen molar-refractivity contribution in [2.45, 2.75) is 13.0 Å². The molecule has 25 heavy (non-hydrogen) atoms. The summed E-state index contributed by atoms with van der Waals surface area (Å²) < 4.78 is 5.02. The SMILES string of the molecule is COc1ccc(CNC(=O)NC[C@@H]2CCN(c3ccccc3)C2)cn1. The lowest BCUT2D eigenvalue weighted by Crippen LogP contribution is -2.38. The van der Waals surface area contributed by atoms with Gasteiger partial charge in [-0.1, -0.05) is 24.3 Å². The monoisotopic (exact) mass is 340 g/mol. The van der Waals surface area contributed by atoms with Crippen LogP contribution in [0.25, 0.3) is 0 Å². The molecule has 0 radical (unpaired) electrons. The van der Waals surface area contributed by atoms with Gasteiger partial charge in [0.1, 0.15) is 0 Å². The number of amides is 2. The lowest BCUT2D eigenvalue weighted by molar-refractivity contribution is 0.239. The third-order valence-electron chi connectivity index (χ3n) is 4.42. The fraction of sp³-hybridized carbons (Fsp3) is 0.368. The molecule has 0 spiro atoms. The van der Waals surface area contributed by atoms with Gasteiger partial charge in [0.2, 0.25) is 5.88 Å². The highest BCUT2D eigenvalue weighted by Gasteiger charge is 2.22. The summed E-state index contributed by atoms with van der Waals surface area (Å²) in [7, 11) is 1.58. The fourth-order valence-electron chi connectivity index (χ4n) is 2.99. The van der Waals surface area contributed by atoms with Crippen molar-refractivity contribution in [2.75, 3.05) is 31.6 Å². The topological polar surface area (TPSA) is 66.5 Å². The van der Waals surface area contributed by atoms with Crippen molar-refractivity contribution in [3.8, 4) is 5.88 Å². The van der Waals surface area contributed by atoms with Gasteiger partial charge in [0, 0.05) is 44.1 Å². The zero-order valence-electron chi connectivity index (χ0n) is 14.4. The average Bonchev–Trinajstić information content (AvgIpc) is 3.15. The summed E-state index contributed by atoms with van der Waals surface area (Å²) in [5.74, 6) is 1.05. The number of urea groups is 1. The summed E-state index contributed by atoms with van der Waals surface area (Å²) in [5, 5.41) is 5.83. The van der Waals surface area contributed by atoms with Gasteiger partial charge < -0.3 is 20.3 Å². The van der Waals surface area contributed by atoms with Gasteiger partial charge in [0.25, 0.3) is 0 Å². The Bertz CT molecular complexity index is 676. The van der Waals surface area contributed by atoms with Crippen molar-refractivity contribution in [1.82, 2.24) is 15.6 Å². The number of para-hydroxylation sites is 1. The van der Waals surface area contributed by atoms with Crippen molar-refractivity contribution in [1.29, 1.82) is 0 Å². The molecular weight excluding hydrogens is 316 g/mol. The molecule has 1 aliphatic heterocycles. The summed E-state index contributed by atoms with van der Waals surface area (Å²) in [6, 6.07) is 13.9. The van der Waals surface area contributed by atoms with Crippen molar-refractivity contribution >= 4 is 11.7 Å². The number of pyridine rings is 1. The predicted molar refractivity (Wildman–Crippen MR) is 97.8 cm³/mol. The van der Waals surface area contributed by atoms with Gasteiger partial charge >= 0.3 is 6.03 Å². The van der Waals surface area contributed by atoms with E-state index in [0.29, 0.717) is 24.9 Å². The Balaban J connectivity index is 1.38. The first-order valence-electron chi connectivity index (χ1n) is 8.55. The number of benzene rings is 1. The zero-order valence-corrected chi connectivity index (χ0v) is 14.4. The zero-order chi connectivity index (χ0) is 17.5.